The van der Waals surface area contributed by atoms with Crippen molar-refractivity contribution < 1.29 is 19.2 Å². The molecular formula is C19H24ClN7O4S2. The first-order valence-corrected chi connectivity index (χ1v) is 12.5. The molecule has 178 valence electrons. The third-order valence-electron chi connectivity index (χ3n) is 4.67. The minimum Gasteiger partial charge on any atom is -0.316 e. The van der Waals surface area contributed by atoms with Gasteiger partial charge in [0.05, 0.1) is 10.8 Å². The highest BCUT2D eigenvalue weighted by Crippen LogP contribution is 2.39. The topological polar surface area (TPSA) is 147 Å². The number of anilines is 1. The van der Waals surface area contributed by atoms with Gasteiger partial charge in [-0.25, -0.2) is 4.68 Å². The van der Waals surface area contributed by atoms with E-state index < -0.39 is 11.8 Å². The van der Waals surface area contributed by atoms with E-state index in [1.807, 2.05) is 0 Å². The molecule has 0 aromatic carbocycles. The number of hydrogen-bond donors (Lipinski definition) is 4. The molecule has 0 unspecified atom stereocenters. The van der Waals surface area contributed by atoms with Crippen LogP contribution in [0.3, 0.4) is 0 Å². The molecule has 0 bridgehead atoms. The number of nitrogens with one attached hydrogen (secondary N) is 4. The van der Waals surface area contributed by atoms with Gasteiger partial charge in [0, 0.05) is 25.1 Å². The fourth-order valence-electron chi connectivity index (χ4n) is 3.34. The van der Waals surface area contributed by atoms with Crippen LogP contribution in [0, 0.1) is 0 Å². The molecule has 0 spiro atoms. The Morgan fingerprint density at radius 3 is 2.52 bits per heavy atom. The van der Waals surface area contributed by atoms with Gasteiger partial charge in [0.15, 0.2) is 5.82 Å². The zero-order valence-electron chi connectivity index (χ0n) is 18.1. The Balaban J connectivity index is 1.85. The molecule has 2 aromatic heterocycles. The molecule has 4 N–H and O–H groups in total. The van der Waals surface area contributed by atoms with Gasteiger partial charge in [-0.1, -0.05) is 11.8 Å². The Morgan fingerprint density at radius 2 is 1.82 bits per heavy atom. The van der Waals surface area contributed by atoms with Gasteiger partial charge in [-0.2, -0.15) is 0 Å². The molecule has 0 fully saturated rings. The first kappa shape index (κ1) is 25.0. The average Bonchev–Trinajstić information content (AvgIpc) is 3.31. The summed E-state index contributed by atoms with van der Waals surface area (Å²) < 4.78 is 1.44. The van der Waals surface area contributed by atoms with E-state index in [0.29, 0.717) is 17.4 Å². The molecule has 0 radical (unpaired) electrons. The van der Waals surface area contributed by atoms with Crippen LogP contribution in [0.15, 0.2) is 5.16 Å². The van der Waals surface area contributed by atoms with Gasteiger partial charge in [-0.15, -0.1) is 33.1 Å². The van der Waals surface area contributed by atoms with Gasteiger partial charge < -0.3 is 5.32 Å². The number of nitrogens with zero attached hydrogens (tertiary/aromatic N) is 3. The van der Waals surface area contributed by atoms with E-state index in [2.05, 4.69) is 31.8 Å². The summed E-state index contributed by atoms with van der Waals surface area (Å²) in [6.45, 7) is 2.64. The van der Waals surface area contributed by atoms with Crippen LogP contribution in [0.1, 0.15) is 48.5 Å². The Labute approximate surface area is 203 Å². The standard InChI is InChI=1S/C19H24ClN7O4S2/c1-10(28)22-24-17(31)9-32-19-25-23-15(27(19)26-11(2)29)7-13-12-5-3-4-6-14(12)33-18(13)21-16(30)8-20/h3-9H2,1-2H3,(H,21,30)(H,22,28)(H,24,31)(H,26,29). The first-order chi connectivity index (χ1) is 15.8. The summed E-state index contributed by atoms with van der Waals surface area (Å²) in [5.41, 5.74) is 9.29. The van der Waals surface area contributed by atoms with Crippen LogP contribution < -0.4 is 21.6 Å². The second kappa shape index (κ2) is 11.5. The minimum absolute atomic E-state index is 0.0527. The predicted octanol–water partition coefficient (Wildman–Crippen LogP) is 1.34. The number of aromatic nitrogens is 3. The zero-order chi connectivity index (χ0) is 24.0. The second-order valence-electron chi connectivity index (χ2n) is 7.30. The van der Waals surface area contributed by atoms with Crippen molar-refractivity contribution in [3.8, 4) is 0 Å². The third kappa shape index (κ3) is 6.68. The van der Waals surface area contributed by atoms with Gasteiger partial charge in [0.2, 0.25) is 28.8 Å². The number of alkyl halides is 1. The van der Waals surface area contributed by atoms with Crippen molar-refractivity contribution in [1.82, 2.24) is 25.7 Å². The average molecular weight is 514 g/mol. The minimum atomic E-state index is -0.438. The molecule has 1 aliphatic rings. The Morgan fingerprint density at radius 1 is 1.06 bits per heavy atom. The van der Waals surface area contributed by atoms with Crippen LogP contribution in [0.25, 0.3) is 0 Å². The van der Waals surface area contributed by atoms with E-state index in [1.54, 1.807) is 11.3 Å². The molecule has 14 heteroatoms. The summed E-state index contributed by atoms with van der Waals surface area (Å²) >= 11 is 8.29. The number of amides is 4. The summed E-state index contributed by atoms with van der Waals surface area (Å²) in [7, 11) is 0. The zero-order valence-corrected chi connectivity index (χ0v) is 20.5. The second-order valence-corrected chi connectivity index (χ2v) is 9.61. The van der Waals surface area contributed by atoms with Gasteiger partial charge >= 0.3 is 0 Å². The third-order valence-corrected chi connectivity index (χ3v) is 7.09. The fourth-order valence-corrected chi connectivity index (χ4v) is 5.44. The maximum atomic E-state index is 12.0. The van der Waals surface area contributed by atoms with Crippen molar-refractivity contribution in [2.24, 2.45) is 0 Å². The molecule has 0 saturated heterocycles. The van der Waals surface area contributed by atoms with Crippen LogP contribution in [0.4, 0.5) is 5.00 Å². The molecule has 4 amide bonds. The maximum Gasteiger partial charge on any atom is 0.248 e. The summed E-state index contributed by atoms with van der Waals surface area (Å²) in [6, 6.07) is 0. The number of fused-ring (bicyclic) bond motifs is 1. The van der Waals surface area contributed by atoms with Crippen molar-refractivity contribution in [2.75, 3.05) is 22.4 Å². The molecule has 3 rings (SSSR count). The number of carbonyl (C=O) groups excluding carboxylic acids is 4. The molecule has 11 nitrogen and oxygen atoms in total. The van der Waals surface area contributed by atoms with Gasteiger partial charge in [-0.3, -0.25) is 35.5 Å². The molecule has 0 saturated carbocycles. The SMILES string of the molecule is CC(=O)NNC(=O)CSc1nnc(Cc2c(NC(=O)CCl)sc3c2CCCC3)n1NC(C)=O. The Bertz CT molecular complexity index is 1070. The number of thiophene rings is 1. The van der Waals surface area contributed by atoms with E-state index in [1.165, 1.54) is 29.0 Å². The van der Waals surface area contributed by atoms with Crippen LogP contribution in [0.5, 0.6) is 0 Å². The summed E-state index contributed by atoms with van der Waals surface area (Å²) in [4.78, 5) is 47.9. The summed E-state index contributed by atoms with van der Waals surface area (Å²) in [6.07, 6.45) is 4.33. The number of aryl methyl sites for hydroxylation is 1. The van der Waals surface area contributed by atoms with Crippen molar-refractivity contribution in [3.63, 3.8) is 0 Å². The fraction of sp³-hybridized carbons (Fsp3) is 0.474. The van der Waals surface area contributed by atoms with E-state index in [0.717, 1.165) is 48.0 Å². The first-order valence-electron chi connectivity index (χ1n) is 10.2. The van der Waals surface area contributed by atoms with Gasteiger partial charge in [0.1, 0.15) is 5.88 Å². The Kier molecular flexibility index (Phi) is 8.69. The molecule has 33 heavy (non-hydrogen) atoms. The van der Waals surface area contributed by atoms with Crippen LogP contribution in [-0.4, -0.2) is 50.1 Å². The lowest BCUT2D eigenvalue weighted by Crippen LogP contribution is -2.41. The number of carbonyl (C=O) groups is 4. The molecule has 0 atom stereocenters. The molecule has 0 aliphatic heterocycles. The largest absolute Gasteiger partial charge is 0.316 e. The van der Waals surface area contributed by atoms with E-state index in [9.17, 15) is 19.2 Å². The smallest absolute Gasteiger partial charge is 0.248 e. The van der Waals surface area contributed by atoms with Crippen molar-refractivity contribution >= 4 is 63.3 Å². The van der Waals surface area contributed by atoms with Crippen LogP contribution in [-0.2, 0) is 38.4 Å². The van der Waals surface area contributed by atoms with E-state index in [-0.39, 0.29) is 23.4 Å². The van der Waals surface area contributed by atoms with E-state index in [4.69, 9.17) is 11.6 Å². The summed E-state index contributed by atoms with van der Waals surface area (Å²) in [5.74, 6) is -1.19. The lowest BCUT2D eigenvalue weighted by Gasteiger charge is -2.14. The number of halogens is 1. The van der Waals surface area contributed by atoms with Crippen LogP contribution >= 0.6 is 34.7 Å². The van der Waals surface area contributed by atoms with Crippen LogP contribution in [0.2, 0.25) is 0 Å². The van der Waals surface area contributed by atoms with Gasteiger partial charge in [0.25, 0.3) is 0 Å². The lowest BCUT2D eigenvalue weighted by atomic mass is 9.94. The Hall–Kier alpha value is -2.64. The maximum absolute atomic E-state index is 12.0. The lowest BCUT2D eigenvalue weighted by molar-refractivity contribution is -0.126. The highest BCUT2D eigenvalue weighted by molar-refractivity contribution is 7.99. The predicted molar refractivity (Wildman–Crippen MR) is 126 cm³/mol. The van der Waals surface area contributed by atoms with Crippen molar-refractivity contribution in [3.05, 3.63) is 21.8 Å². The number of hydrazine groups is 1. The van der Waals surface area contributed by atoms with Crippen molar-refractivity contribution in [1.29, 1.82) is 0 Å². The van der Waals surface area contributed by atoms with Gasteiger partial charge in [-0.05, 0) is 36.8 Å². The molecule has 2 heterocycles. The normalized spacial score (nSPS) is 12.6. The number of rotatable bonds is 8. The quantitative estimate of drug-likeness (QED) is 0.236. The molecule has 2 aromatic rings. The monoisotopic (exact) mass is 513 g/mol. The molecule has 1 aliphatic carbocycles. The highest BCUT2D eigenvalue weighted by atomic mass is 35.5. The van der Waals surface area contributed by atoms with E-state index >= 15 is 0 Å². The highest BCUT2D eigenvalue weighted by Gasteiger charge is 2.25. The van der Waals surface area contributed by atoms with Crippen molar-refractivity contribution in [2.45, 2.75) is 51.1 Å². The molecular weight excluding hydrogens is 490 g/mol. The summed E-state index contributed by atoms with van der Waals surface area (Å²) in [5, 5.41) is 12.3. The number of thioether (sulfide) groups is 1. The number of hydrogen-bond acceptors (Lipinski definition) is 8.